The lowest BCUT2D eigenvalue weighted by Crippen LogP contribution is -2.03. The van der Waals surface area contributed by atoms with Crippen LogP contribution in [0.4, 0.5) is 0 Å². The topological polar surface area (TPSA) is 27.1 Å². The number of nitrogens with zero attached hydrogens (tertiary/aromatic N) is 2. The zero-order valence-electron chi connectivity index (χ0n) is 8.24. The van der Waals surface area contributed by atoms with Gasteiger partial charge in [0.1, 0.15) is 13.0 Å². The van der Waals surface area contributed by atoms with E-state index >= 15 is 0 Å². The predicted molar refractivity (Wildman–Crippen MR) is 66.2 cm³/mol. The molecule has 2 rings (SSSR count). The first-order valence-corrected chi connectivity index (χ1v) is 6.89. The van der Waals surface area contributed by atoms with Gasteiger partial charge >= 0.3 is 0 Å². The van der Waals surface area contributed by atoms with Crippen molar-refractivity contribution in [2.45, 2.75) is 0 Å². The number of hydrogen-bond acceptors (Lipinski definition) is 3. The van der Waals surface area contributed by atoms with Gasteiger partial charge < -0.3 is 4.74 Å². The largest absolute Gasteiger partial charge is 0.497 e. The summed E-state index contributed by atoms with van der Waals surface area (Å²) in [5.41, 5.74) is 0. The van der Waals surface area contributed by atoms with Gasteiger partial charge in [0.15, 0.2) is 0 Å². The Labute approximate surface area is 95.0 Å². The van der Waals surface area contributed by atoms with Gasteiger partial charge in [-0.05, 0) is 30.3 Å². The van der Waals surface area contributed by atoms with Gasteiger partial charge in [0.2, 0.25) is 0 Å². The highest BCUT2D eigenvalue weighted by molar-refractivity contribution is 8.47. The van der Waals surface area contributed by atoms with Crippen molar-refractivity contribution in [3.05, 3.63) is 42.7 Å². The molecule has 78 valence electrons. The van der Waals surface area contributed by atoms with E-state index in [-0.39, 0.29) is 0 Å². The third-order valence-corrected chi connectivity index (χ3v) is 4.62. The Hall–Kier alpha value is -0.990. The molecule has 0 bridgehead atoms. The van der Waals surface area contributed by atoms with Crippen LogP contribution in [0.5, 0.6) is 5.75 Å². The second-order valence-electron chi connectivity index (χ2n) is 2.91. The first-order chi connectivity index (χ1) is 7.31. The first kappa shape index (κ1) is 10.5. The fourth-order valence-corrected chi connectivity index (χ4v) is 2.94. The number of thiol groups is 1. The average Bonchev–Trinajstić information content (AvgIpc) is 2.82. The van der Waals surface area contributed by atoms with Crippen LogP contribution in [-0.4, -0.2) is 16.7 Å². The predicted octanol–water partition coefficient (Wildman–Crippen LogP) is 2.31. The maximum absolute atomic E-state index is 5.10. The lowest BCUT2D eigenvalue weighted by molar-refractivity contribution is 0.415. The standard InChI is InChI=1S/C10H11N2OPS/c1-13-9-3-5-10(6-4-9)14(15)12-8-2-7-11-12/h2-8,15H,1H3. The van der Waals surface area contributed by atoms with Crippen LogP contribution in [0.3, 0.4) is 0 Å². The molecule has 1 aromatic carbocycles. The summed E-state index contributed by atoms with van der Waals surface area (Å²) in [5, 5.41) is 5.32. The van der Waals surface area contributed by atoms with Crippen molar-refractivity contribution in [1.82, 2.24) is 9.55 Å². The molecule has 1 unspecified atom stereocenters. The van der Waals surface area contributed by atoms with Gasteiger partial charge in [0, 0.05) is 17.7 Å². The zero-order chi connectivity index (χ0) is 10.7. The molecule has 0 aliphatic heterocycles. The summed E-state index contributed by atoms with van der Waals surface area (Å²) < 4.78 is 6.96. The molecule has 0 aliphatic carbocycles. The molecule has 0 aliphatic rings. The third kappa shape index (κ3) is 2.33. The lowest BCUT2D eigenvalue weighted by atomic mass is 10.3. The van der Waals surface area contributed by atoms with Crippen LogP contribution in [0.25, 0.3) is 0 Å². The van der Waals surface area contributed by atoms with E-state index in [0.717, 1.165) is 11.1 Å². The number of aromatic nitrogens is 2. The maximum Gasteiger partial charge on any atom is 0.118 e. The molecule has 0 amide bonds. The Bertz CT molecular complexity index is 415. The Kier molecular flexibility index (Phi) is 3.29. The molecule has 0 fully saturated rings. The molecule has 0 radical (unpaired) electrons. The molecule has 1 heterocycles. The van der Waals surface area contributed by atoms with Gasteiger partial charge in [-0.25, -0.2) is 4.45 Å². The first-order valence-electron chi connectivity index (χ1n) is 4.44. The second kappa shape index (κ2) is 4.69. The summed E-state index contributed by atoms with van der Waals surface area (Å²) >= 11 is 4.56. The van der Waals surface area contributed by atoms with Gasteiger partial charge in [-0.3, -0.25) is 0 Å². The van der Waals surface area contributed by atoms with Crippen LogP contribution < -0.4 is 10.0 Å². The van der Waals surface area contributed by atoms with Gasteiger partial charge in [0.25, 0.3) is 0 Å². The fourth-order valence-electron chi connectivity index (χ4n) is 1.21. The zero-order valence-corrected chi connectivity index (χ0v) is 10.0. The quantitative estimate of drug-likeness (QED) is 0.656. The van der Waals surface area contributed by atoms with E-state index < -0.39 is 7.27 Å². The number of benzene rings is 1. The van der Waals surface area contributed by atoms with Crippen LogP contribution in [0.1, 0.15) is 0 Å². The second-order valence-corrected chi connectivity index (χ2v) is 5.56. The number of hydrogen-bond donors (Lipinski definition) is 1. The van der Waals surface area contributed by atoms with Crippen LogP contribution in [-0.2, 0) is 0 Å². The summed E-state index contributed by atoms with van der Waals surface area (Å²) in [6.07, 6.45) is 3.68. The van der Waals surface area contributed by atoms with E-state index in [1.54, 1.807) is 13.3 Å². The minimum atomic E-state index is -0.707. The highest BCUT2D eigenvalue weighted by Crippen LogP contribution is 2.39. The summed E-state index contributed by atoms with van der Waals surface area (Å²) in [6, 6.07) is 9.79. The normalized spacial score (nSPS) is 12.4. The minimum absolute atomic E-state index is 0.707. The van der Waals surface area contributed by atoms with Crippen molar-refractivity contribution < 1.29 is 4.74 Å². The van der Waals surface area contributed by atoms with Crippen LogP contribution in [0.15, 0.2) is 42.7 Å². The van der Waals surface area contributed by atoms with E-state index in [4.69, 9.17) is 4.74 Å². The molecule has 0 N–H and O–H groups in total. The molecule has 0 spiro atoms. The smallest absolute Gasteiger partial charge is 0.118 e. The fraction of sp³-hybridized carbons (Fsp3) is 0.100. The number of rotatable bonds is 3. The molecule has 2 aromatic rings. The highest BCUT2D eigenvalue weighted by Gasteiger charge is 2.08. The molecule has 5 heteroatoms. The van der Waals surface area contributed by atoms with Gasteiger partial charge in [-0.2, -0.15) is 5.10 Å². The molecular formula is C10H11N2OPS. The van der Waals surface area contributed by atoms with E-state index in [9.17, 15) is 0 Å². The Morgan fingerprint density at radius 1 is 1.33 bits per heavy atom. The molecular weight excluding hydrogens is 227 g/mol. The van der Waals surface area contributed by atoms with Crippen LogP contribution >= 0.6 is 19.5 Å². The van der Waals surface area contributed by atoms with Gasteiger partial charge in [0.05, 0.1) is 7.11 Å². The average molecular weight is 238 g/mol. The molecule has 1 aromatic heterocycles. The van der Waals surface area contributed by atoms with Crippen LogP contribution in [0.2, 0.25) is 0 Å². The van der Waals surface area contributed by atoms with Crippen molar-refractivity contribution in [3.63, 3.8) is 0 Å². The van der Waals surface area contributed by atoms with Crippen LogP contribution in [0, 0.1) is 0 Å². The molecule has 0 saturated heterocycles. The highest BCUT2D eigenvalue weighted by atomic mass is 32.7. The Balaban J connectivity index is 2.22. The van der Waals surface area contributed by atoms with E-state index in [1.807, 2.05) is 41.0 Å². The number of ether oxygens (including phenoxy) is 1. The minimum Gasteiger partial charge on any atom is -0.497 e. The van der Waals surface area contributed by atoms with Crippen molar-refractivity contribution in [2.75, 3.05) is 7.11 Å². The Morgan fingerprint density at radius 2 is 2.07 bits per heavy atom. The van der Waals surface area contributed by atoms with E-state index in [2.05, 4.69) is 17.3 Å². The van der Waals surface area contributed by atoms with Crippen molar-refractivity contribution in [1.29, 1.82) is 0 Å². The monoisotopic (exact) mass is 238 g/mol. The third-order valence-electron chi connectivity index (χ3n) is 1.99. The lowest BCUT2D eigenvalue weighted by Gasteiger charge is -2.11. The van der Waals surface area contributed by atoms with Crippen molar-refractivity contribution >= 4 is 24.8 Å². The molecule has 15 heavy (non-hydrogen) atoms. The molecule has 1 atom stereocenters. The Morgan fingerprint density at radius 3 is 2.60 bits per heavy atom. The van der Waals surface area contributed by atoms with E-state index in [1.165, 1.54) is 0 Å². The molecule has 3 nitrogen and oxygen atoms in total. The van der Waals surface area contributed by atoms with Gasteiger partial charge in [-0.15, -0.1) is 12.2 Å². The number of methoxy groups -OCH3 is 1. The summed E-state index contributed by atoms with van der Waals surface area (Å²) in [4.78, 5) is 0. The maximum atomic E-state index is 5.10. The summed E-state index contributed by atoms with van der Waals surface area (Å²) in [6.45, 7) is 0. The molecule has 0 saturated carbocycles. The SMILES string of the molecule is COc1ccc(P(S)n2cccn2)cc1. The summed E-state index contributed by atoms with van der Waals surface area (Å²) in [7, 11) is 0.952. The van der Waals surface area contributed by atoms with Crippen molar-refractivity contribution in [3.8, 4) is 5.75 Å². The van der Waals surface area contributed by atoms with Crippen molar-refractivity contribution in [2.24, 2.45) is 0 Å². The van der Waals surface area contributed by atoms with Gasteiger partial charge in [-0.1, -0.05) is 0 Å². The summed E-state index contributed by atoms with van der Waals surface area (Å²) in [5.74, 6) is 0.857. The van der Waals surface area contributed by atoms with E-state index in [0.29, 0.717) is 0 Å².